The Morgan fingerprint density at radius 2 is 2.06 bits per heavy atom. The molecular weight excluding hydrogens is 220 g/mol. The van der Waals surface area contributed by atoms with E-state index in [0.29, 0.717) is 12.8 Å². The van der Waals surface area contributed by atoms with Crippen molar-refractivity contribution in [1.29, 1.82) is 0 Å². The van der Waals surface area contributed by atoms with Gasteiger partial charge >= 0.3 is 11.9 Å². The molecule has 1 fully saturated rings. The Bertz CT molecular complexity index is 280. The lowest BCUT2D eigenvalue weighted by Crippen LogP contribution is -2.33. The number of rotatable bonds is 3. The Morgan fingerprint density at radius 1 is 1.50 bits per heavy atom. The van der Waals surface area contributed by atoms with E-state index in [4.69, 9.17) is 21.1 Å². The summed E-state index contributed by atoms with van der Waals surface area (Å²) in [6, 6.07) is -1.77. The monoisotopic (exact) mass is 234 g/mol. The van der Waals surface area contributed by atoms with Crippen LogP contribution >= 0.6 is 0 Å². The van der Waals surface area contributed by atoms with Crippen molar-refractivity contribution in [3.05, 3.63) is 0 Å². The molecule has 1 aliphatic heterocycles. The third-order valence-corrected chi connectivity index (χ3v) is 1.81. The van der Waals surface area contributed by atoms with Crippen molar-refractivity contribution in [2.24, 2.45) is 5.73 Å². The second-order valence-corrected chi connectivity index (χ2v) is 3.12. The second kappa shape index (κ2) is 6.75. The number of amides is 1. The number of hydrogen-bond acceptors (Lipinski definition) is 5. The van der Waals surface area contributed by atoms with Crippen molar-refractivity contribution in [1.82, 2.24) is 5.32 Å². The summed E-state index contributed by atoms with van der Waals surface area (Å²) in [6.45, 7) is -0.505. The molecule has 1 rings (SSSR count). The van der Waals surface area contributed by atoms with Crippen LogP contribution in [0.2, 0.25) is 0 Å². The lowest BCUT2D eigenvalue weighted by molar-refractivity contribution is -0.140. The van der Waals surface area contributed by atoms with E-state index in [9.17, 15) is 14.4 Å². The van der Waals surface area contributed by atoms with Crippen molar-refractivity contribution in [2.75, 3.05) is 6.61 Å². The highest BCUT2D eigenvalue weighted by molar-refractivity contribution is 5.87. The van der Waals surface area contributed by atoms with Gasteiger partial charge < -0.3 is 26.4 Å². The maximum absolute atomic E-state index is 10.4. The van der Waals surface area contributed by atoms with Gasteiger partial charge in [-0.25, -0.2) is 4.79 Å². The SMILES string of the molecule is N[C@@H](CO)C(=O)O.O=C1CC[C@@H](C(=O)O)N1. The van der Waals surface area contributed by atoms with Crippen molar-refractivity contribution in [3.8, 4) is 0 Å². The molecule has 1 saturated heterocycles. The van der Waals surface area contributed by atoms with Crippen molar-refractivity contribution in [3.63, 3.8) is 0 Å². The molecule has 0 saturated carbocycles. The van der Waals surface area contributed by atoms with Crippen LogP contribution in [0, 0.1) is 0 Å². The molecule has 1 heterocycles. The van der Waals surface area contributed by atoms with Gasteiger partial charge in [-0.05, 0) is 6.42 Å². The summed E-state index contributed by atoms with van der Waals surface area (Å²) in [5, 5.41) is 26.5. The molecule has 0 aromatic heterocycles. The predicted molar refractivity (Wildman–Crippen MR) is 51.5 cm³/mol. The van der Waals surface area contributed by atoms with Gasteiger partial charge in [0.2, 0.25) is 5.91 Å². The van der Waals surface area contributed by atoms with Gasteiger partial charge in [0.25, 0.3) is 0 Å². The lowest BCUT2D eigenvalue weighted by atomic mass is 10.2. The highest BCUT2D eigenvalue weighted by atomic mass is 16.4. The Labute approximate surface area is 91.1 Å². The van der Waals surface area contributed by atoms with E-state index >= 15 is 0 Å². The van der Waals surface area contributed by atoms with Crippen LogP contribution in [0.15, 0.2) is 0 Å². The first kappa shape index (κ1) is 14.3. The highest BCUT2D eigenvalue weighted by Gasteiger charge is 2.26. The third-order valence-electron chi connectivity index (χ3n) is 1.81. The Morgan fingerprint density at radius 3 is 2.19 bits per heavy atom. The van der Waals surface area contributed by atoms with Crippen LogP contribution in [-0.2, 0) is 14.4 Å². The van der Waals surface area contributed by atoms with E-state index in [-0.39, 0.29) is 5.91 Å². The normalized spacial score (nSPS) is 20.4. The van der Waals surface area contributed by atoms with Gasteiger partial charge in [-0.2, -0.15) is 0 Å². The Hall–Kier alpha value is -1.67. The molecule has 0 bridgehead atoms. The van der Waals surface area contributed by atoms with Crippen molar-refractivity contribution < 1.29 is 29.7 Å². The maximum atomic E-state index is 10.4. The number of carbonyl (C=O) groups is 3. The molecule has 0 unspecified atom stereocenters. The summed E-state index contributed by atoms with van der Waals surface area (Å²) in [6.07, 6.45) is 0.769. The van der Waals surface area contributed by atoms with Crippen LogP contribution in [0.5, 0.6) is 0 Å². The largest absolute Gasteiger partial charge is 0.480 e. The fourth-order valence-electron chi connectivity index (χ4n) is 0.877. The zero-order valence-electron chi connectivity index (χ0n) is 8.42. The molecule has 1 aliphatic rings. The molecule has 0 aromatic carbocycles. The minimum Gasteiger partial charge on any atom is -0.480 e. The predicted octanol–water partition coefficient (Wildman–Crippen LogP) is -2.26. The molecule has 1 amide bonds. The molecule has 8 nitrogen and oxygen atoms in total. The Balaban J connectivity index is 0.000000293. The van der Waals surface area contributed by atoms with Gasteiger partial charge in [-0.3, -0.25) is 9.59 Å². The molecule has 8 heteroatoms. The average Bonchev–Trinajstić information content (AvgIpc) is 2.64. The minimum atomic E-state index is -1.18. The van der Waals surface area contributed by atoms with Gasteiger partial charge in [0.1, 0.15) is 12.1 Å². The molecule has 16 heavy (non-hydrogen) atoms. The summed E-state index contributed by atoms with van der Waals surface area (Å²) < 4.78 is 0. The van der Waals surface area contributed by atoms with Gasteiger partial charge in [0.05, 0.1) is 6.61 Å². The van der Waals surface area contributed by atoms with E-state index < -0.39 is 30.6 Å². The third kappa shape index (κ3) is 5.27. The van der Waals surface area contributed by atoms with E-state index in [0.717, 1.165) is 0 Å². The summed E-state index contributed by atoms with van der Waals surface area (Å²) in [4.78, 5) is 30.2. The highest BCUT2D eigenvalue weighted by Crippen LogP contribution is 2.05. The second-order valence-electron chi connectivity index (χ2n) is 3.12. The molecule has 2 atom stereocenters. The average molecular weight is 234 g/mol. The standard InChI is InChI=1S/C5H7NO3.C3H7NO3/c7-4-2-1-3(6-4)5(8)9;4-2(1-5)3(6)7/h3H,1-2H2,(H,6,7)(H,8,9);2,5H,1,4H2,(H,6,7)/t3-;2-/m00/s1. The number of aliphatic hydroxyl groups excluding tert-OH is 1. The quantitative estimate of drug-likeness (QED) is 0.369. The van der Waals surface area contributed by atoms with Gasteiger partial charge in [0, 0.05) is 6.42 Å². The van der Waals surface area contributed by atoms with Crippen molar-refractivity contribution >= 4 is 17.8 Å². The molecule has 6 N–H and O–H groups in total. The first-order valence-corrected chi connectivity index (χ1v) is 4.50. The maximum Gasteiger partial charge on any atom is 0.326 e. The van der Waals surface area contributed by atoms with Crippen LogP contribution in [-0.4, -0.2) is 51.9 Å². The number of aliphatic hydroxyl groups is 1. The number of nitrogens with one attached hydrogen (secondary N) is 1. The molecule has 0 radical (unpaired) electrons. The van der Waals surface area contributed by atoms with Crippen molar-refractivity contribution in [2.45, 2.75) is 24.9 Å². The van der Waals surface area contributed by atoms with E-state index in [2.05, 4.69) is 5.32 Å². The van der Waals surface area contributed by atoms with Crippen LogP contribution < -0.4 is 11.1 Å². The van der Waals surface area contributed by atoms with Crippen LogP contribution in [0.1, 0.15) is 12.8 Å². The molecular formula is C8H14N2O6. The lowest BCUT2D eigenvalue weighted by Gasteiger charge is -1.99. The zero-order valence-corrected chi connectivity index (χ0v) is 8.42. The first-order valence-electron chi connectivity index (χ1n) is 4.50. The van der Waals surface area contributed by atoms with E-state index in [1.807, 2.05) is 0 Å². The number of aliphatic carboxylic acids is 2. The zero-order chi connectivity index (χ0) is 12.7. The van der Waals surface area contributed by atoms with Crippen LogP contribution in [0.25, 0.3) is 0 Å². The minimum absolute atomic E-state index is 0.164. The summed E-state index contributed by atoms with van der Waals surface area (Å²) in [5.41, 5.74) is 4.77. The van der Waals surface area contributed by atoms with E-state index in [1.165, 1.54) is 0 Å². The molecule has 0 aromatic rings. The number of carboxylic acid groups (broad SMARTS) is 2. The topological polar surface area (TPSA) is 150 Å². The van der Waals surface area contributed by atoms with Crippen LogP contribution in [0.3, 0.4) is 0 Å². The molecule has 0 aliphatic carbocycles. The summed E-state index contributed by atoms with van der Waals surface area (Å²) in [5.74, 6) is -2.29. The number of hydrogen-bond donors (Lipinski definition) is 5. The summed E-state index contributed by atoms with van der Waals surface area (Å²) in [7, 11) is 0. The number of carbonyl (C=O) groups excluding carboxylic acids is 1. The first-order chi connectivity index (χ1) is 7.38. The molecule has 0 spiro atoms. The van der Waals surface area contributed by atoms with E-state index in [1.54, 1.807) is 0 Å². The summed E-state index contributed by atoms with van der Waals surface area (Å²) >= 11 is 0. The Kier molecular flexibility index (Phi) is 6.04. The fraction of sp³-hybridized carbons (Fsp3) is 0.625. The van der Waals surface area contributed by atoms with Gasteiger partial charge in [0.15, 0.2) is 0 Å². The number of nitrogens with two attached hydrogens (primary N) is 1. The van der Waals surface area contributed by atoms with Gasteiger partial charge in [-0.1, -0.05) is 0 Å². The van der Waals surface area contributed by atoms with Gasteiger partial charge in [-0.15, -0.1) is 0 Å². The fourth-order valence-corrected chi connectivity index (χ4v) is 0.877. The smallest absolute Gasteiger partial charge is 0.326 e. The van der Waals surface area contributed by atoms with Crippen LogP contribution in [0.4, 0.5) is 0 Å². The number of carboxylic acids is 2. The molecule has 92 valence electrons.